The molecule has 1 saturated heterocycles. The maximum atomic E-state index is 6.38. The molecule has 0 saturated carbocycles. The lowest BCUT2D eigenvalue weighted by Gasteiger charge is -2.42. The largest absolute Gasteiger partial charge is 0.493 e. The normalized spacial score (nSPS) is 28.5. The lowest BCUT2D eigenvalue weighted by molar-refractivity contribution is 0.0274. The van der Waals surface area contributed by atoms with E-state index in [4.69, 9.17) is 9.47 Å². The third kappa shape index (κ3) is 2.27. The quantitative estimate of drug-likeness (QED) is 0.917. The fourth-order valence-corrected chi connectivity index (χ4v) is 3.37. The maximum absolute atomic E-state index is 6.38. The minimum absolute atomic E-state index is 0.0488. The third-order valence-electron chi connectivity index (χ3n) is 4.38. The first-order chi connectivity index (χ1) is 9.65. The summed E-state index contributed by atoms with van der Waals surface area (Å²) in [5.74, 6) is 1.95. The molecule has 0 bridgehead atoms. The first-order valence-electron chi connectivity index (χ1n) is 7.47. The van der Waals surface area contributed by atoms with Crippen molar-refractivity contribution < 1.29 is 9.47 Å². The Kier molecular flexibility index (Phi) is 3.61. The van der Waals surface area contributed by atoms with Crippen molar-refractivity contribution in [2.75, 3.05) is 33.8 Å². The number of hydrogen-bond acceptors (Lipinski definition) is 4. The summed E-state index contributed by atoms with van der Waals surface area (Å²) in [6.45, 7) is 4.69. The van der Waals surface area contributed by atoms with E-state index < -0.39 is 0 Å². The van der Waals surface area contributed by atoms with Crippen molar-refractivity contribution in [1.82, 2.24) is 10.2 Å². The Hall–Kier alpha value is -1.26. The molecule has 0 aromatic heterocycles. The van der Waals surface area contributed by atoms with Gasteiger partial charge in [-0.1, -0.05) is 6.07 Å². The molecule has 1 spiro atoms. The van der Waals surface area contributed by atoms with Gasteiger partial charge < -0.3 is 19.7 Å². The van der Waals surface area contributed by atoms with Gasteiger partial charge in [-0.2, -0.15) is 0 Å². The second kappa shape index (κ2) is 5.26. The topological polar surface area (TPSA) is 33.7 Å². The highest BCUT2D eigenvalue weighted by molar-refractivity contribution is 5.49. The van der Waals surface area contributed by atoms with Crippen LogP contribution in [0.3, 0.4) is 0 Å². The van der Waals surface area contributed by atoms with Crippen LogP contribution in [0.15, 0.2) is 18.2 Å². The van der Waals surface area contributed by atoms with Crippen LogP contribution in [0.1, 0.15) is 31.4 Å². The molecule has 1 aromatic rings. The van der Waals surface area contributed by atoms with E-state index in [-0.39, 0.29) is 5.60 Å². The standard InChI is InChI=1S/C16H24N2O2/c1-4-19-13-6-5-7-14-15(13)12(18(2)3)10-16(20-14)8-9-17-11-16/h5-7,12,17H,4,8-11H2,1-3H3. The number of nitrogens with zero attached hydrogens (tertiary/aromatic N) is 1. The molecule has 2 atom stereocenters. The minimum Gasteiger partial charge on any atom is -0.493 e. The summed E-state index contributed by atoms with van der Waals surface area (Å²) in [5, 5.41) is 3.44. The average molecular weight is 276 g/mol. The lowest BCUT2D eigenvalue weighted by Crippen LogP contribution is -2.45. The molecule has 1 N–H and O–H groups in total. The monoisotopic (exact) mass is 276 g/mol. The number of rotatable bonds is 3. The fraction of sp³-hybridized carbons (Fsp3) is 0.625. The SMILES string of the molecule is CCOc1cccc2c1C(N(C)C)CC1(CCNC1)O2. The van der Waals surface area contributed by atoms with Crippen LogP contribution >= 0.6 is 0 Å². The van der Waals surface area contributed by atoms with Crippen molar-refractivity contribution in [3.63, 3.8) is 0 Å². The van der Waals surface area contributed by atoms with Crippen LogP contribution in [0.5, 0.6) is 11.5 Å². The summed E-state index contributed by atoms with van der Waals surface area (Å²) in [6, 6.07) is 6.50. The average Bonchev–Trinajstić information content (AvgIpc) is 2.86. The summed E-state index contributed by atoms with van der Waals surface area (Å²) < 4.78 is 12.2. The van der Waals surface area contributed by atoms with Gasteiger partial charge in [0.15, 0.2) is 0 Å². The molecule has 4 heteroatoms. The molecule has 4 nitrogen and oxygen atoms in total. The van der Waals surface area contributed by atoms with Crippen LogP contribution in [0, 0.1) is 0 Å². The number of hydrogen-bond donors (Lipinski definition) is 1. The minimum atomic E-state index is -0.0488. The van der Waals surface area contributed by atoms with Crippen molar-refractivity contribution in [3.8, 4) is 11.5 Å². The van der Waals surface area contributed by atoms with Gasteiger partial charge in [0.25, 0.3) is 0 Å². The Bertz CT molecular complexity index is 481. The Morgan fingerprint density at radius 2 is 2.30 bits per heavy atom. The van der Waals surface area contributed by atoms with Crippen molar-refractivity contribution in [1.29, 1.82) is 0 Å². The van der Waals surface area contributed by atoms with E-state index in [2.05, 4.69) is 30.4 Å². The fourth-order valence-electron chi connectivity index (χ4n) is 3.37. The van der Waals surface area contributed by atoms with Gasteiger partial charge in [0, 0.05) is 25.4 Å². The zero-order valence-corrected chi connectivity index (χ0v) is 12.6. The lowest BCUT2D eigenvalue weighted by atomic mass is 9.85. The molecule has 3 rings (SSSR count). The van der Waals surface area contributed by atoms with Gasteiger partial charge in [-0.15, -0.1) is 0 Å². The van der Waals surface area contributed by atoms with Crippen molar-refractivity contribution in [3.05, 3.63) is 23.8 Å². The molecule has 2 aliphatic rings. The number of nitrogens with one attached hydrogen (secondary N) is 1. The van der Waals surface area contributed by atoms with Crippen LogP contribution in [0.4, 0.5) is 0 Å². The molecule has 0 aliphatic carbocycles. The van der Waals surface area contributed by atoms with Gasteiger partial charge in [-0.3, -0.25) is 0 Å². The molecule has 1 aromatic carbocycles. The first-order valence-corrected chi connectivity index (χ1v) is 7.47. The van der Waals surface area contributed by atoms with Gasteiger partial charge in [0.05, 0.1) is 12.2 Å². The zero-order valence-electron chi connectivity index (χ0n) is 12.6. The zero-order chi connectivity index (χ0) is 14.2. The second-order valence-electron chi connectivity index (χ2n) is 6.00. The molecule has 2 heterocycles. The smallest absolute Gasteiger partial charge is 0.128 e. The van der Waals surface area contributed by atoms with Crippen LogP contribution in [0.25, 0.3) is 0 Å². The summed E-state index contributed by atoms with van der Waals surface area (Å²) >= 11 is 0. The first kappa shape index (κ1) is 13.7. The third-order valence-corrected chi connectivity index (χ3v) is 4.38. The van der Waals surface area contributed by atoms with E-state index in [9.17, 15) is 0 Å². The van der Waals surface area contributed by atoms with Gasteiger partial charge in [0.1, 0.15) is 17.1 Å². The van der Waals surface area contributed by atoms with Crippen molar-refractivity contribution in [2.45, 2.75) is 31.4 Å². The molecule has 20 heavy (non-hydrogen) atoms. The molecular formula is C16H24N2O2. The predicted octanol–water partition coefficient (Wildman–Crippen LogP) is 2.20. The molecule has 2 unspecified atom stereocenters. The highest BCUT2D eigenvalue weighted by Gasteiger charge is 2.44. The summed E-state index contributed by atoms with van der Waals surface area (Å²) in [6.07, 6.45) is 2.10. The van der Waals surface area contributed by atoms with Crippen LogP contribution in [0.2, 0.25) is 0 Å². The van der Waals surface area contributed by atoms with Crippen LogP contribution < -0.4 is 14.8 Å². The predicted molar refractivity (Wildman–Crippen MR) is 79.5 cm³/mol. The van der Waals surface area contributed by atoms with E-state index in [1.165, 1.54) is 5.56 Å². The summed E-state index contributed by atoms with van der Waals surface area (Å²) in [7, 11) is 4.27. The number of benzene rings is 1. The van der Waals surface area contributed by atoms with Crippen LogP contribution in [-0.4, -0.2) is 44.3 Å². The van der Waals surface area contributed by atoms with Crippen LogP contribution in [-0.2, 0) is 0 Å². The van der Waals surface area contributed by atoms with E-state index >= 15 is 0 Å². The Morgan fingerprint density at radius 3 is 2.95 bits per heavy atom. The maximum Gasteiger partial charge on any atom is 0.128 e. The highest BCUT2D eigenvalue weighted by atomic mass is 16.5. The Balaban J connectivity index is 2.03. The van der Waals surface area contributed by atoms with Gasteiger partial charge >= 0.3 is 0 Å². The van der Waals surface area contributed by atoms with Crippen molar-refractivity contribution in [2.24, 2.45) is 0 Å². The second-order valence-corrected chi connectivity index (χ2v) is 6.00. The van der Waals surface area contributed by atoms with E-state index in [0.29, 0.717) is 12.6 Å². The van der Waals surface area contributed by atoms with E-state index in [1.807, 2.05) is 19.1 Å². The van der Waals surface area contributed by atoms with Crippen molar-refractivity contribution >= 4 is 0 Å². The molecule has 1 fully saturated rings. The Morgan fingerprint density at radius 1 is 1.45 bits per heavy atom. The summed E-state index contributed by atoms with van der Waals surface area (Å²) in [5.41, 5.74) is 1.16. The van der Waals surface area contributed by atoms with Gasteiger partial charge in [0.2, 0.25) is 0 Å². The molecule has 0 amide bonds. The van der Waals surface area contributed by atoms with Gasteiger partial charge in [-0.05, 0) is 39.7 Å². The number of ether oxygens (including phenoxy) is 2. The Labute approximate surface area is 121 Å². The molecular weight excluding hydrogens is 252 g/mol. The van der Waals surface area contributed by atoms with Gasteiger partial charge in [-0.25, -0.2) is 0 Å². The molecule has 0 radical (unpaired) electrons. The number of fused-ring (bicyclic) bond motifs is 1. The molecule has 2 aliphatic heterocycles. The molecule has 110 valence electrons. The summed E-state index contributed by atoms with van der Waals surface area (Å²) in [4.78, 5) is 2.28. The highest BCUT2D eigenvalue weighted by Crippen LogP contribution is 2.47. The van der Waals surface area contributed by atoms with E-state index in [1.54, 1.807) is 0 Å². The van der Waals surface area contributed by atoms with E-state index in [0.717, 1.165) is 37.4 Å².